The molecule has 0 saturated carbocycles. The highest BCUT2D eigenvalue weighted by Gasteiger charge is 2.55. The average molecular weight is 676 g/mol. The number of hydrogen-bond donors (Lipinski definition) is 1. The fraction of sp³-hybridized carbons (Fsp3) is 0.135. The molecule has 0 aliphatic carbocycles. The van der Waals surface area contributed by atoms with Gasteiger partial charge in [0.2, 0.25) is 5.91 Å². The standard InChI is InChI=1S/C37H29N3O4S3/c41-30(21-24-13-5-1-6-14-24)39-31-34(42)40-32(36(43)44-33(25-15-7-2-8-16-25)26-17-9-3-10-18-26)28(23-45-35(31)40)29-22-38-37(47-29)46-27-19-11-4-12-20-27/h1-20,22,31,33,35H,21,23H2,(H,39,41)/t31-,35-/m1/s1. The second kappa shape index (κ2) is 14.0. The van der Waals surface area contributed by atoms with E-state index >= 15 is 0 Å². The van der Waals surface area contributed by atoms with Crippen LogP contribution in [0.2, 0.25) is 0 Å². The van der Waals surface area contributed by atoms with Gasteiger partial charge >= 0.3 is 5.97 Å². The Morgan fingerprint density at radius 1 is 0.872 bits per heavy atom. The van der Waals surface area contributed by atoms with Gasteiger partial charge in [-0.25, -0.2) is 9.78 Å². The van der Waals surface area contributed by atoms with E-state index in [1.165, 1.54) is 28.0 Å². The number of thioether (sulfide) groups is 1. The van der Waals surface area contributed by atoms with Crippen LogP contribution in [0.15, 0.2) is 142 Å². The summed E-state index contributed by atoms with van der Waals surface area (Å²) < 4.78 is 7.13. The van der Waals surface area contributed by atoms with Crippen LogP contribution < -0.4 is 5.32 Å². The molecule has 0 unspecified atom stereocenters. The van der Waals surface area contributed by atoms with Crippen LogP contribution in [0.4, 0.5) is 0 Å². The van der Waals surface area contributed by atoms with Gasteiger partial charge in [-0.05, 0) is 28.8 Å². The molecule has 0 radical (unpaired) electrons. The molecule has 1 N–H and O–H groups in total. The third kappa shape index (κ3) is 6.76. The van der Waals surface area contributed by atoms with E-state index in [2.05, 4.69) is 10.3 Å². The van der Waals surface area contributed by atoms with Crippen LogP contribution in [0.3, 0.4) is 0 Å². The van der Waals surface area contributed by atoms with Crippen molar-refractivity contribution in [1.29, 1.82) is 0 Å². The largest absolute Gasteiger partial charge is 0.448 e. The Bertz CT molecular complexity index is 1880. The van der Waals surface area contributed by atoms with Crippen molar-refractivity contribution >= 4 is 58.2 Å². The molecule has 47 heavy (non-hydrogen) atoms. The van der Waals surface area contributed by atoms with Gasteiger partial charge in [-0.3, -0.25) is 14.5 Å². The first-order valence-corrected chi connectivity index (χ1v) is 17.7. The first-order chi connectivity index (χ1) is 23.0. The van der Waals surface area contributed by atoms with E-state index in [0.29, 0.717) is 11.3 Å². The second-order valence-corrected chi connectivity index (χ2v) is 14.4. The van der Waals surface area contributed by atoms with E-state index in [-0.39, 0.29) is 23.9 Å². The van der Waals surface area contributed by atoms with Gasteiger partial charge in [-0.15, -0.1) is 23.1 Å². The molecule has 1 fully saturated rings. The van der Waals surface area contributed by atoms with Crippen LogP contribution in [0.25, 0.3) is 5.57 Å². The zero-order valence-corrected chi connectivity index (χ0v) is 27.5. The average Bonchev–Trinajstić information content (AvgIpc) is 3.58. The van der Waals surface area contributed by atoms with Crippen molar-refractivity contribution in [1.82, 2.24) is 15.2 Å². The summed E-state index contributed by atoms with van der Waals surface area (Å²) >= 11 is 4.54. The molecule has 234 valence electrons. The Labute approximate surface area is 285 Å². The molecule has 4 aromatic carbocycles. The lowest BCUT2D eigenvalue weighted by Crippen LogP contribution is -2.70. The summed E-state index contributed by atoms with van der Waals surface area (Å²) in [4.78, 5) is 49.1. The zero-order chi connectivity index (χ0) is 32.2. The van der Waals surface area contributed by atoms with E-state index < -0.39 is 23.5 Å². The number of carbonyl (C=O) groups is 3. The number of amides is 2. The minimum absolute atomic E-state index is 0.163. The summed E-state index contributed by atoms with van der Waals surface area (Å²) in [7, 11) is 0. The normalized spacial score (nSPS) is 17.2. The lowest BCUT2D eigenvalue weighted by molar-refractivity contribution is -0.154. The maximum atomic E-state index is 14.4. The monoisotopic (exact) mass is 675 g/mol. The molecule has 3 heterocycles. The third-order valence-corrected chi connectivity index (χ3v) is 11.3. The van der Waals surface area contributed by atoms with Crippen molar-refractivity contribution in [2.45, 2.75) is 33.2 Å². The SMILES string of the molecule is O=C(Cc1ccccc1)N[C@@H]1C(=O)N2C(C(=O)OC(c3ccccc3)c3ccccc3)=C(c3cnc(Sc4ccccc4)s3)CS[C@H]12. The second-order valence-electron chi connectivity index (χ2n) is 11.0. The molecule has 5 aromatic rings. The van der Waals surface area contributed by atoms with Crippen molar-refractivity contribution in [2.75, 3.05) is 5.75 Å². The number of rotatable bonds is 10. The summed E-state index contributed by atoms with van der Waals surface area (Å²) in [6.45, 7) is 0. The smallest absolute Gasteiger partial charge is 0.356 e. The molecule has 2 atom stereocenters. The summed E-state index contributed by atoms with van der Waals surface area (Å²) in [5.41, 5.74) is 3.38. The molecule has 2 amide bonds. The molecule has 10 heteroatoms. The van der Waals surface area contributed by atoms with Gasteiger partial charge in [0.25, 0.3) is 5.91 Å². The Morgan fingerprint density at radius 3 is 2.11 bits per heavy atom. The summed E-state index contributed by atoms with van der Waals surface area (Å²) in [6.07, 6.45) is 1.24. The topological polar surface area (TPSA) is 88.6 Å². The van der Waals surface area contributed by atoms with E-state index in [1.807, 2.05) is 121 Å². The van der Waals surface area contributed by atoms with Gasteiger partial charge in [0.15, 0.2) is 10.4 Å². The van der Waals surface area contributed by atoms with Crippen molar-refractivity contribution in [2.24, 2.45) is 0 Å². The zero-order valence-electron chi connectivity index (χ0n) is 25.0. The molecule has 0 spiro atoms. The minimum atomic E-state index is -0.745. The van der Waals surface area contributed by atoms with E-state index in [4.69, 9.17) is 4.74 Å². The van der Waals surface area contributed by atoms with Crippen LogP contribution in [-0.4, -0.2) is 44.8 Å². The van der Waals surface area contributed by atoms with Crippen LogP contribution in [0.5, 0.6) is 0 Å². The first kappa shape index (κ1) is 31.0. The molecule has 7 rings (SSSR count). The molecule has 2 aliphatic heterocycles. The third-order valence-electron chi connectivity index (χ3n) is 7.85. The van der Waals surface area contributed by atoms with Crippen molar-refractivity contribution in [3.63, 3.8) is 0 Å². The number of nitrogens with zero attached hydrogens (tertiary/aromatic N) is 2. The number of fused-ring (bicyclic) bond motifs is 1. The molecule has 1 saturated heterocycles. The van der Waals surface area contributed by atoms with Crippen LogP contribution in [0.1, 0.15) is 27.7 Å². The predicted octanol–water partition coefficient (Wildman–Crippen LogP) is 6.98. The number of carbonyl (C=O) groups excluding carboxylic acids is 3. The maximum Gasteiger partial charge on any atom is 0.356 e. The number of hydrogen-bond acceptors (Lipinski definition) is 8. The number of ether oxygens (including phenoxy) is 1. The van der Waals surface area contributed by atoms with Crippen molar-refractivity contribution < 1.29 is 19.1 Å². The van der Waals surface area contributed by atoms with E-state index in [0.717, 1.165) is 30.8 Å². The van der Waals surface area contributed by atoms with E-state index in [1.54, 1.807) is 18.0 Å². The van der Waals surface area contributed by atoms with E-state index in [9.17, 15) is 14.4 Å². The molecule has 0 bridgehead atoms. The van der Waals surface area contributed by atoms with Crippen molar-refractivity contribution in [3.8, 4) is 0 Å². The fourth-order valence-electron chi connectivity index (χ4n) is 5.58. The van der Waals surface area contributed by atoms with Gasteiger partial charge in [-0.1, -0.05) is 121 Å². The molecule has 2 aliphatic rings. The Kier molecular flexibility index (Phi) is 9.23. The molecular weight excluding hydrogens is 647 g/mol. The minimum Gasteiger partial charge on any atom is -0.448 e. The van der Waals surface area contributed by atoms with Gasteiger partial charge in [0, 0.05) is 22.4 Å². The highest BCUT2D eigenvalue weighted by Crippen LogP contribution is 2.46. The number of nitrogens with one attached hydrogen (secondary N) is 1. The maximum absolute atomic E-state index is 14.4. The molecular formula is C37H29N3O4S3. The number of aromatic nitrogens is 1. The Balaban J connectivity index is 1.20. The van der Waals surface area contributed by atoms with Crippen LogP contribution >= 0.6 is 34.9 Å². The molecule has 7 nitrogen and oxygen atoms in total. The first-order valence-electron chi connectivity index (χ1n) is 15.1. The predicted molar refractivity (Wildman–Crippen MR) is 186 cm³/mol. The number of β-lactam (4-membered cyclic amide) rings is 1. The van der Waals surface area contributed by atoms with Crippen LogP contribution in [0, 0.1) is 0 Å². The number of benzene rings is 4. The van der Waals surface area contributed by atoms with Crippen molar-refractivity contribution in [3.05, 3.63) is 155 Å². The Morgan fingerprint density at radius 2 is 1.47 bits per heavy atom. The number of thiazole rings is 1. The molecule has 1 aromatic heterocycles. The summed E-state index contributed by atoms with van der Waals surface area (Å²) in [6, 6.07) is 37.7. The lowest BCUT2D eigenvalue weighted by atomic mass is 10.00. The quantitative estimate of drug-likeness (QED) is 0.126. The van der Waals surface area contributed by atoms with Gasteiger partial charge in [-0.2, -0.15) is 0 Å². The summed E-state index contributed by atoms with van der Waals surface area (Å²) in [5.74, 6) is -0.737. The van der Waals surface area contributed by atoms with Gasteiger partial charge < -0.3 is 10.1 Å². The lowest BCUT2D eigenvalue weighted by Gasteiger charge is -2.49. The fourth-order valence-corrected chi connectivity index (χ4v) is 9.06. The summed E-state index contributed by atoms with van der Waals surface area (Å²) in [5, 5.41) is 2.47. The number of esters is 1. The highest BCUT2D eigenvalue weighted by atomic mass is 32.2. The highest BCUT2D eigenvalue weighted by molar-refractivity contribution is 8.01. The van der Waals surface area contributed by atoms with Crippen LogP contribution in [-0.2, 0) is 25.5 Å². The van der Waals surface area contributed by atoms with Gasteiger partial charge in [0.1, 0.15) is 17.1 Å². The van der Waals surface area contributed by atoms with Gasteiger partial charge in [0.05, 0.1) is 11.3 Å². The Hall–Kier alpha value is -4.64.